The monoisotopic (exact) mass is 558 g/mol. The number of fused-ring (bicyclic) bond motifs is 2. The Morgan fingerprint density at radius 3 is 2.40 bits per heavy atom. The Hall–Kier alpha value is -5.70. The number of hydrogen-bond acceptors (Lipinski definition) is 6. The fraction of sp³-hybridized carbons (Fsp3) is 0.0909. The van der Waals surface area contributed by atoms with Crippen molar-refractivity contribution in [2.45, 2.75) is 13.0 Å². The summed E-state index contributed by atoms with van der Waals surface area (Å²) in [7, 11) is 0. The zero-order valence-corrected chi connectivity index (χ0v) is 22.4. The molecule has 4 aromatic carbocycles. The van der Waals surface area contributed by atoms with Crippen LogP contribution in [0.4, 0.5) is 5.69 Å². The van der Waals surface area contributed by atoms with Gasteiger partial charge in [0.05, 0.1) is 5.52 Å². The highest BCUT2D eigenvalue weighted by Crippen LogP contribution is 2.39. The topological polar surface area (TPSA) is 115 Å². The molecule has 1 aliphatic heterocycles. The van der Waals surface area contributed by atoms with Crippen LogP contribution in [-0.2, 0) is 17.8 Å². The SMILES string of the molecule is O=C(N=Nc1c(O)n(CCc2ccccc2)c2ccccc12)/C(=C/c1ccc2c(c1)OCO2)NC(=O)c1ccccc1. The number of carbonyl (C=O) groups is 2. The molecule has 2 N–H and O–H groups in total. The maximum absolute atomic E-state index is 13.4. The molecule has 2 amide bonds. The first kappa shape index (κ1) is 26.5. The van der Waals surface area contributed by atoms with Crippen LogP contribution in [0.1, 0.15) is 21.5 Å². The number of benzene rings is 4. The van der Waals surface area contributed by atoms with E-state index in [2.05, 4.69) is 15.5 Å². The van der Waals surface area contributed by atoms with Gasteiger partial charge in [0, 0.05) is 17.5 Å². The molecule has 9 heteroatoms. The summed E-state index contributed by atoms with van der Waals surface area (Å²) in [5.41, 5.74) is 2.92. The first-order chi connectivity index (χ1) is 20.6. The maximum Gasteiger partial charge on any atom is 0.311 e. The summed E-state index contributed by atoms with van der Waals surface area (Å²) in [6.07, 6.45) is 2.18. The van der Waals surface area contributed by atoms with E-state index in [1.807, 2.05) is 54.6 Å². The molecule has 5 aromatic rings. The van der Waals surface area contributed by atoms with Crippen molar-refractivity contribution in [3.63, 3.8) is 0 Å². The van der Waals surface area contributed by atoms with Gasteiger partial charge in [-0.15, -0.1) is 10.2 Å². The van der Waals surface area contributed by atoms with Gasteiger partial charge < -0.3 is 24.5 Å². The van der Waals surface area contributed by atoms with Gasteiger partial charge in [-0.3, -0.25) is 9.59 Å². The van der Waals surface area contributed by atoms with Crippen molar-refractivity contribution in [1.82, 2.24) is 9.88 Å². The zero-order chi connectivity index (χ0) is 28.9. The molecular formula is C33H26N4O5. The molecule has 0 aliphatic carbocycles. The molecule has 0 bridgehead atoms. The molecule has 0 radical (unpaired) electrons. The lowest BCUT2D eigenvalue weighted by Crippen LogP contribution is -2.26. The highest BCUT2D eigenvalue weighted by atomic mass is 16.7. The first-order valence-electron chi connectivity index (χ1n) is 13.3. The van der Waals surface area contributed by atoms with Crippen molar-refractivity contribution in [3.8, 4) is 17.4 Å². The maximum atomic E-state index is 13.4. The van der Waals surface area contributed by atoms with Crippen molar-refractivity contribution >= 4 is 34.5 Å². The number of carbonyl (C=O) groups excluding carboxylic acids is 2. The molecule has 6 rings (SSSR count). The lowest BCUT2D eigenvalue weighted by molar-refractivity contribution is -0.115. The average Bonchev–Trinajstić information content (AvgIpc) is 3.60. The summed E-state index contributed by atoms with van der Waals surface area (Å²) in [6.45, 7) is 0.609. The van der Waals surface area contributed by atoms with Crippen LogP contribution in [0.5, 0.6) is 17.4 Å². The molecule has 42 heavy (non-hydrogen) atoms. The number of ether oxygens (including phenoxy) is 2. The van der Waals surface area contributed by atoms with Gasteiger partial charge in [0.25, 0.3) is 5.91 Å². The molecule has 9 nitrogen and oxygen atoms in total. The van der Waals surface area contributed by atoms with E-state index >= 15 is 0 Å². The van der Waals surface area contributed by atoms with Gasteiger partial charge >= 0.3 is 5.91 Å². The Kier molecular flexibility index (Phi) is 7.46. The predicted molar refractivity (Wildman–Crippen MR) is 158 cm³/mol. The van der Waals surface area contributed by atoms with Gasteiger partial charge in [-0.2, -0.15) is 0 Å². The normalized spacial score (nSPS) is 12.6. The van der Waals surface area contributed by atoms with Crippen molar-refractivity contribution in [2.75, 3.05) is 6.79 Å². The summed E-state index contributed by atoms with van der Waals surface area (Å²) in [6, 6.07) is 31.0. The summed E-state index contributed by atoms with van der Waals surface area (Å²) in [4.78, 5) is 26.4. The fourth-order valence-electron chi connectivity index (χ4n) is 4.74. The summed E-state index contributed by atoms with van der Waals surface area (Å²) < 4.78 is 12.6. The number of azo groups is 1. The molecular weight excluding hydrogens is 532 g/mol. The Morgan fingerprint density at radius 1 is 0.881 bits per heavy atom. The molecule has 2 heterocycles. The quantitative estimate of drug-likeness (QED) is 0.169. The third kappa shape index (κ3) is 5.62. The predicted octanol–water partition coefficient (Wildman–Crippen LogP) is 6.40. The van der Waals surface area contributed by atoms with Crippen LogP contribution in [-0.4, -0.2) is 28.3 Å². The number of para-hydroxylation sites is 1. The van der Waals surface area contributed by atoms with E-state index in [9.17, 15) is 14.7 Å². The minimum Gasteiger partial charge on any atom is -0.493 e. The van der Waals surface area contributed by atoms with Crippen LogP contribution >= 0.6 is 0 Å². The molecule has 0 unspecified atom stereocenters. The highest BCUT2D eigenvalue weighted by Gasteiger charge is 2.20. The van der Waals surface area contributed by atoms with Crippen molar-refractivity contribution < 1.29 is 24.2 Å². The molecule has 0 saturated carbocycles. The summed E-state index contributed by atoms with van der Waals surface area (Å²) >= 11 is 0. The minimum absolute atomic E-state index is 0.0984. The number of aromatic hydroxyl groups is 1. The fourth-order valence-corrected chi connectivity index (χ4v) is 4.74. The van der Waals surface area contributed by atoms with Crippen molar-refractivity contribution in [2.24, 2.45) is 10.2 Å². The van der Waals surface area contributed by atoms with Crippen LogP contribution in [0.2, 0.25) is 0 Å². The third-order valence-corrected chi connectivity index (χ3v) is 6.85. The molecule has 208 valence electrons. The van der Waals surface area contributed by atoms with Gasteiger partial charge in [-0.05, 0) is 54.0 Å². The Morgan fingerprint density at radius 2 is 1.60 bits per heavy atom. The van der Waals surface area contributed by atoms with E-state index in [4.69, 9.17) is 9.47 Å². The standard InChI is InChI=1S/C33H26N4O5/c38-31(24-11-5-2-6-12-24)34-26(19-23-15-16-28-29(20-23)42-21-41-28)32(39)36-35-30-25-13-7-8-14-27(25)37(33(30)40)18-17-22-9-3-1-4-10-22/h1-16,19-20,40H,17-18,21H2,(H,34,38)/b26-19-,36-35?. The third-order valence-electron chi connectivity index (χ3n) is 6.85. The largest absolute Gasteiger partial charge is 0.493 e. The Balaban J connectivity index is 1.31. The van der Waals surface area contributed by atoms with Crippen LogP contribution in [0.3, 0.4) is 0 Å². The zero-order valence-electron chi connectivity index (χ0n) is 22.4. The van der Waals surface area contributed by atoms with Gasteiger partial charge in [0.15, 0.2) is 17.2 Å². The van der Waals surface area contributed by atoms with E-state index in [0.29, 0.717) is 41.0 Å². The van der Waals surface area contributed by atoms with Crippen LogP contribution < -0.4 is 14.8 Å². The summed E-state index contributed by atoms with van der Waals surface area (Å²) in [5, 5.41) is 22.6. The minimum atomic E-state index is -0.794. The second-order valence-electron chi connectivity index (χ2n) is 9.57. The van der Waals surface area contributed by atoms with Gasteiger partial charge in [0.1, 0.15) is 5.70 Å². The smallest absolute Gasteiger partial charge is 0.311 e. The number of amides is 2. The Labute approximate surface area is 241 Å². The lowest BCUT2D eigenvalue weighted by Gasteiger charge is -2.08. The van der Waals surface area contributed by atoms with E-state index in [-0.39, 0.29) is 24.1 Å². The lowest BCUT2D eigenvalue weighted by atomic mass is 10.1. The van der Waals surface area contributed by atoms with Gasteiger partial charge in [-0.1, -0.05) is 72.8 Å². The number of hydrogen-bond donors (Lipinski definition) is 2. The van der Waals surface area contributed by atoms with E-state index in [1.54, 1.807) is 53.1 Å². The van der Waals surface area contributed by atoms with Gasteiger partial charge in [-0.25, -0.2) is 0 Å². The van der Waals surface area contributed by atoms with Crippen LogP contribution in [0.25, 0.3) is 17.0 Å². The number of rotatable bonds is 8. The average molecular weight is 559 g/mol. The molecule has 0 fully saturated rings. The molecule has 1 aliphatic rings. The van der Waals surface area contributed by atoms with Crippen LogP contribution in [0.15, 0.2) is 119 Å². The first-order valence-corrected chi connectivity index (χ1v) is 13.3. The summed E-state index contributed by atoms with van der Waals surface area (Å²) in [5.74, 6) is -0.255. The molecule has 0 saturated heterocycles. The van der Waals surface area contributed by atoms with E-state index in [1.165, 1.54) is 6.08 Å². The second kappa shape index (κ2) is 11.8. The second-order valence-corrected chi connectivity index (χ2v) is 9.57. The van der Waals surface area contributed by atoms with Crippen molar-refractivity contribution in [1.29, 1.82) is 0 Å². The van der Waals surface area contributed by atoms with E-state index < -0.39 is 11.8 Å². The van der Waals surface area contributed by atoms with Gasteiger partial charge in [0.2, 0.25) is 12.7 Å². The van der Waals surface area contributed by atoms with Crippen LogP contribution in [0, 0.1) is 0 Å². The number of aryl methyl sites for hydroxylation is 2. The number of nitrogens with one attached hydrogen (secondary N) is 1. The molecule has 0 atom stereocenters. The van der Waals surface area contributed by atoms with E-state index in [0.717, 1.165) is 11.1 Å². The Bertz CT molecular complexity index is 1830. The molecule has 1 aromatic heterocycles. The highest BCUT2D eigenvalue weighted by molar-refractivity contribution is 6.05. The van der Waals surface area contributed by atoms with Crippen molar-refractivity contribution in [3.05, 3.63) is 126 Å². The number of nitrogens with zero attached hydrogens (tertiary/aromatic N) is 3. The molecule has 0 spiro atoms. The number of aromatic nitrogens is 1.